The van der Waals surface area contributed by atoms with Crippen molar-refractivity contribution < 1.29 is 9.59 Å². The predicted molar refractivity (Wildman–Crippen MR) is 104 cm³/mol. The average Bonchev–Trinajstić information content (AvgIpc) is 2.60. The highest BCUT2D eigenvalue weighted by molar-refractivity contribution is 5.92. The SMILES string of the molecule is CC(=O)N(CCC(=O)Nc1c(C)cccc1C(C)C)Cc1cccnc1. The van der Waals surface area contributed by atoms with Crippen LogP contribution in [0.4, 0.5) is 5.69 Å². The lowest BCUT2D eigenvalue weighted by Gasteiger charge is -2.21. The van der Waals surface area contributed by atoms with Crippen LogP contribution in [0.3, 0.4) is 0 Å². The fourth-order valence-electron chi connectivity index (χ4n) is 2.84. The van der Waals surface area contributed by atoms with E-state index >= 15 is 0 Å². The lowest BCUT2D eigenvalue weighted by Crippen LogP contribution is -2.31. The Hall–Kier alpha value is -2.69. The number of aryl methyl sites for hydroxylation is 1. The Morgan fingerprint density at radius 3 is 2.58 bits per heavy atom. The molecule has 5 heteroatoms. The van der Waals surface area contributed by atoms with Crippen molar-refractivity contribution in [3.63, 3.8) is 0 Å². The minimum absolute atomic E-state index is 0.0552. The van der Waals surface area contributed by atoms with E-state index in [4.69, 9.17) is 0 Å². The van der Waals surface area contributed by atoms with Gasteiger partial charge >= 0.3 is 0 Å². The second-order valence-corrected chi connectivity index (χ2v) is 6.79. The number of carbonyl (C=O) groups is 2. The third-order valence-corrected chi connectivity index (χ3v) is 4.34. The molecule has 0 aliphatic heterocycles. The summed E-state index contributed by atoms with van der Waals surface area (Å²) in [6.45, 7) is 8.56. The van der Waals surface area contributed by atoms with Gasteiger partial charge in [0.15, 0.2) is 0 Å². The Morgan fingerprint density at radius 2 is 1.96 bits per heavy atom. The van der Waals surface area contributed by atoms with Gasteiger partial charge < -0.3 is 10.2 Å². The molecule has 0 bridgehead atoms. The highest BCUT2D eigenvalue weighted by Gasteiger charge is 2.15. The van der Waals surface area contributed by atoms with Crippen LogP contribution in [-0.2, 0) is 16.1 Å². The molecule has 26 heavy (non-hydrogen) atoms. The highest BCUT2D eigenvalue weighted by atomic mass is 16.2. The van der Waals surface area contributed by atoms with Crippen molar-refractivity contribution in [3.05, 3.63) is 59.4 Å². The molecule has 1 N–H and O–H groups in total. The Labute approximate surface area is 155 Å². The van der Waals surface area contributed by atoms with Crippen molar-refractivity contribution in [2.24, 2.45) is 0 Å². The van der Waals surface area contributed by atoms with Crippen LogP contribution in [-0.4, -0.2) is 28.2 Å². The van der Waals surface area contributed by atoms with Crippen molar-refractivity contribution in [2.45, 2.75) is 46.6 Å². The van der Waals surface area contributed by atoms with E-state index < -0.39 is 0 Å². The summed E-state index contributed by atoms with van der Waals surface area (Å²) >= 11 is 0. The number of nitrogens with zero attached hydrogens (tertiary/aromatic N) is 2. The summed E-state index contributed by atoms with van der Waals surface area (Å²) in [5.41, 5.74) is 4.00. The van der Waals surface area contributed by atoms with Crippen molar-refractivity contribution in [3.8, 4) is 0 Å². The summed E-state index contributed by atoms with van der Waals surface area (Å²) < 4.78 is 0. The molecule has 1 heterocycles. The molecular weight excluding hydrogens is 326 g/mol. The molecule has 0 aliphatic rings. The van der Waals surface area contributed by atoms with Gasteiger partial charge in [-0.15, -0.1) is 0 Å². The predicted octanol–water partition coefficient (Wildman–Crippen LogP) is 3.89. The monoisotopic (exact) mass is 353 g/mol. The zero-order chi connectivity index (χ0) is 19.1. The van der Waals surface area contributed by atoms with Crippen molar-refractivity contribution in [2.75, 3.05) is 11.9 Å². The van der Waals surface area contributed by atoms with Crippen LogP contribution < -0.4 is 5.32 Å². The van der Waals surface area contributed by atoms with E-state index in [0.29, 0.717) is 19.0 Å². The Kier molecular flexibility index (Phi) is 6.89. The molecule has 0 spiro atoms. The number of nitrogens with one attached hydrogen (secondary N) is 1. The fourth-order valence-corrected chi connectivity index (χ4v) is 2.84. The summed E-state index contributed by atoms with van der Waals surface area (Å²) in [5, 5.41) is 3.03. The third kappa shape index (κ3) is 5.41. The molecule has 2 aromatic rings. The number of hydrogen-bond donors (Lipinski definition) is 1. The highest BCUT2D eigenvalue weighted by Crippen LogP contribution is 2.27. The number of hydrogen-bond acceptors (Lipinski definition) is 3. The van der Waals surface area contributed by atoms with Gasteiger partial charge in [0.05, 0.1) is 0 Å². The van der Waals surface area contributed by atoms with E-state index in [0.717, 1.165) is 22.4 Å². The maximum Gasteiger partial charge on any atom is 0.226 e. The average molecular weight is 353 g/mol. The van der Waals surface area contributed by atoms with E-state index in [1.807, 2.05) is 37.3 Å². The second kappa shape index (κ2) is 9.13. The van der Waals surface area contributed by atoms with Gasteiger partial charge in [0.25, 0.3) is 0 Å². The topological polar surface area (TPSA) is 62.3 Å². The normalized spacial score (nSPS) is 10.7. The molecule has 1 aromatic carbocycles. The van der Waals surface area contributed by atoms with Crippen LogP contribution in [0.15, 0.2) is 42.7 Å². The van der Waals surface area contributed by atoms with Gasteiger partial charge in [-0.3, -0.25) is 14.6 Å². The standard InChI is InChI=1S/C21H27N3O2/c1-15(2)19-9-5-7-16(3)21(19)23-20(26)10-12-24(17(4)25)14-18-8-6-11-22-13-18/h5-9,11,13,15H,10,12,14H2,1-4H3,(H,23,26). The quantitative estimate of drug-likeness (QED) is 0.821. The van der Waals surface area contributed by atoms with Crippen molar-refractivity contribution >= 4 is 17.5 Å². The number of amides is 2. The molecule has 5 nitrogen and oxygen atoms in total. The van der Waals surface area contributed by atoms with Gasteiger partial charge in [0.2, 0.25) is 11.8 Å². The molecule has 0 saturated carbocycles. The van der Waals surface area contributed by atoms with Crippen LogP contribution in [0, 0.1) is 6.92 Å². The molecule has 1 aromatic heterocycles. The van der Waals surface area contributed by atoms with Gasteiger partial charge in [-0.05, 0) is 35.6 Å². The molecule has 0 atom stereocenters. The zero-order valence-electron chi connectivity index (χ0n) is 16.0. The van der Waals surface area contributed by atoms with Crippen LogP contribution in [0.5, 0.6) is 0 Å². The van der Waals surface area contributed by atoms with Crippen LogP contribution in [0.2, 0.25) is 0 Å². The van der Waals surface area contributed by atoms with E-state index in [1.54, 1.807) is 17.3 Å². The van der Waals surface area contributed by atoms with Gasteiger partial charge in [0.1, 0.15) is 0 Å². The fraction of sp³-hybridized carbons (Fsp3) is 0.381. The summed E-state index contributed by atoms with van der Waals surface area (Å²) in [5.74, 6) is 0.184. The Bertz CT molecular complexity index is 757. The Balaban J connectivity index is 2.00. The van der Waals surface area contributed by atoms with E-state index in [-0.39, 0.29) is 18.2 Å². The van der Waals surface area contributed by atoms with Crippen molar-refractivity contribution in [1.82, 2.24) is 9.88 Å². The first-order chi connectivity index (χ1) is 12.4. The maximum atomic E-state index is 12.5. The first-order valence-electron chi connectivity index (χ1n) is 8.92. The van der Waals surface area contributed by atoms with Crippen LogP contribution >= 0.6 is 0 Å². The smallest absolute Gasteiger partial charge is 0.226 e. The summed E-state index contributed by atoms with van der Waals surface area (Å²) in [6, 6.07) is 9.80. The second-order valence-electron chi connectivity index (χ2n) is 6.79. The summed E-state index contributed by atoms with van der Waals surface area (Å²) in [7, 11) is 0. The lowest BCUT2D eigenvalue weighted by molar-refractivity contribution is -0.129. The van der Waals surface area contributed by atoms with Crippen LogP contribution in [0.25, 0.3) is 0 Å². The molecule has 2 amide bonds. The summed E-state index contributed by atoms with van der Waals surface area (Å²) in [4.78, 5) is 30.1. The first-order valence-corrected chi connectivity index (χ1v) is 8.92. The minimum atomic E-state index is -0.0846. The molecule has 2 rings (SSSR count). The van der Waals surface area contributed by atoms with Crippen LogP contribution in [0.1, 0.15) is 49.8 Å². The number of anilines is 1. The molecule has 0 radical (unpaired) electrons. The van der Waals surface area contributed by atoms with E-state index in [2.05, 4.69) is 24.1 Å². The number of benzene rings is 1. The van der Waals surface area contributed by atoms with Gasteiger partial charge in [0, 0.05) is 44.5 Å². The molecule has 0 aliphatic carbocycles. The number of aromatic nitrogens is 1. The minimum Gasteiger partial charge on any atom is -0.338 e. The van der Waals surface area contributed by atoms with Gasteiger partial charge in [-0.25, -0.2) is 0 Å². The lowest BCUT2D eigenvalue weighted by atomic mass is 9.98. The van der Waals surface area contributed by atoms with E-state index in [1.165, 1.54) is 6.92 Å². The maximum absolute atomic E-state index is 12.5. The molecular formula is C21H27N3O2. The zero-order valence-corrected chi connectivity index (χ0v) is 16.0. The molecule has 138 valence electrons. The van der Waals surface area contributed by atoms with Gasteiger partial charge in [-0.2, -0.15) is 0 Å². The Morgan fingerprint density at radius 1 is 1.19 bits per heavy atom. The molecule has 0 unspecified atom stereocenters. The van der Waals surface area contributed by atoms with Gasteiger partial charge in [-0.1, -0.05) is 38.1 Å². The first kappa shape index (κ1) is 19.6. The molecule has 0 fully saturated rings. The van der Waals surface area contributed by atoms with Crippen molar-refractivity contribution in [1.29, 1.82) is 0 Å². The number of carbonyl (C=O) groups excluding carboxylic acids is 2. The third-order valence-electron chi connectivity index (χ3n) is 4.34. The number of rotatable bonds is 7. The largest absolute Gasteiger partial charge is 0.338 e. The molecule has 0 saturated heterocycles. The van der Waals surface area contributed by atoms with E-state index in [9.17, 15) is 9.59 Å². The summed E-state index contributed by atoms with van der Waals surface area (Å²) in [6.07, 6.45) is 3.69. The number of pyridine rings is 1. The number of para-hydroxylation sites is 1.